The van der Waals surface area contributed by atoms with Crippen molar-refractivity contribution in [3.63, 3.8) is 0 Å². The van der Waals surface area contributed by atoms with Gasteiger partial charge in [-0.25, -0.2) is 0 Å². The Kier molecular flexibility index (Phi) is 4.92. The predicted octanol–water partition coefficient (Wildman–Crippen LogP) is 4.07. The molecule has 142 valence electrons. The lowest BCUT2D eigenvalue weighted by Crippen LogP contribution is -2.36. The van der Waals surface area contributed by atoms with Gasteiger partial charge in [-0.2, -0.15) is 10.5 Å². The quantitative estimate of drug-likeness (QED) is 0.784. The van der Waals surface area contributed by atoms with E-state index in [1.54, 1.807) is 0 Å². The zero-order valence-corrected chi connectivity index (χ0v) is 15.7. The van der Waals surface area contributed by atoms with E-state index in [1.165, 1.54) is 0 Å². The minimum atomic E-state index is -1.61. The van der Waals surface area contributed by atoms with E-state index in [9.17, 15) is 10.5 Å². The zero-order chi connectivity index (χ0) is 19.6. The van der Waals surface area contributed by atoms with Gasteiger partial charge >= 0.3 is 0 Å². The topological polar surface area (TPSA) is 78.5 Å². The molecule has 2 atom stereocenters. The highest BCUT2D eigenvalue weighted by atomic mass is 16.7. The maximum Gasteiger partial charge on any atom is 0.262 e. The van der Waals surface area contributed by atoms with Crippen molar-refractivity contribution < 1.29 is 14.2 Å². The van der Waals surface area contributed by atoms with Crippen molar-refractivity contribution in [3.05, 3.63) is 59.7 Å². The van der Waals surface area contributed by atoms with Gasteiger partial charge in [0.1, 0.15) is 18.4 Å². The van der Waals surface area contributed by atoms with Gasteiger partial charge in [0.05, 0.1) is 6.04 Å². The van der Waals surface area contributed by atoms with Gasteiger partial charge in [0.25, 0.3) is 5.60 Å². The molecule has 0 aromatic heterocycles. The van der Waals surface area contributed by atoms with Gasteiger partial charge in [0.2, 0.25) is 6.79 Å². The number of hydrogen-bond donors (Lipinski definition) is 0. The summed E-state index contributed by atoms with van der Waals surface area (Å²) < 4.78 is 17.1. The van der Waals surface area contributed by atoms with Crippen molar-refractivity contribution in [1.82, 2.24) is 4.90 Å². The second-order valence-corrected chi connectivity index (χ2v) is 6.95. The molecule has 2 unspecified atom stereocenters. The van der Waals surface area contributed by atoms with Gasteiger partial charge in [-0.3, -0.25) is 4.90 Å². The first kappa shape index (κ1) is 18.3. The minimum absolute atomic E-state index is 0.174. The average Bonchev–Trinajstić information content (AvgIpc) is 3.34. The summed E-state index contributed by atoms with van der Waals surface area (Å²) in [6.07, 6.45) is 1.46. The van der Waals surface area contributed by atoms with E-state index in [-0.39, 0.29) is 6.79 Å². The molecule has 0 bridgehead atoms. The van der Waals surface area contributed by atoms with E-state index in [4.69, 9.17) is 14.2 Å². The number of ether oxygens (including phenoxy) is 3. The third-order valence-electron chi connectivity index (χ3n) is 5.21. The highest BCUT2D eigenvalue weighted by Gasteiger charge is 2.56. The number of hydrogen-bond acceptors (Lipinski definition) is 6. The van der Waals surface area contributed by atoms with E-state index >= 15 is 0 Å². The Morgan fingerprint density at radius 1 is 1.04 bits per heavy atom. The van der Waals surface area contributed by atoms with Crippen molar-refractivity contribution >= 4 is 0 Å². The first-order valence-corrected chi connectivity index (χ1v) is 9.43. The number of nitriles is 2. The number of unbranched alkanes of at least 4 members (excludes halogenated alkanes) is 1. The van der Waals surface area contributed by atoms with Crippen LogP contribution in [0.2, 0.25) is 0 Å². The molecule has 6 nitrogen and oxygen atoms in total. The molecule has 1 saturated heterocycles. The lowest BCUT2D eigenvalue weighted by atomic mass is 9.90. The third kappa shape index (κ3) is 2.97. The number of nitrogens with zero attached hydrogens (tertiary/aromatic N) is 3. The normalized spacial score (nSPS) is 22.5. The summed E-state index contributed by atoms with van der Waals surface area (Å²) in [5.74, 6) is 1.29. The molecule has 6 heteroatoms. The molecule has 2 aromatic rings. The fourth-order valence-corrected chi connectivity index (χ4v) is 3.85. The zero-order valence-electron chi connectivity index (χ0n) is 15.7. The van der Waals surface area contributed by atoms with Crippen LogP contribution in [0, 0.1) is 22.7 Å². The lowest BCUT2D eigenvalue weighted by Gasteiger charge is -2.29. The van der Waals surface area contributed by atoms with Crippen LogP contribution in [0.4, 0.5) is 0 Å². The van der Waals surface area contributed by atoms with E-state index in [1.807, 2.05) is 48.5 Å². The summed E-state index contributed by atoms with van der Waals surface area (Å²) in [6.45, 7) is 3.00. The molecule has 0 spiro atoms. The van der Waals surface area contributed by atoms with Crippen LogP contribution in [0.15, 0.2) is 48.5 Å². The molecule has 0 aliphatic carbocycles. The molecule has 0 amide bonds. The van der Waals surface area contributed by atoms with Crippen molar-refractivity contribution in [2.75, 3.05) is 13.3 Å². The summed E-state index contributed by atoms with van der Waals surface area (Å²) in [6, 6.07) is 19.1. The van der Waals surface area contributed by atoms with Crippen LogP contribution < -0.4 is 9.47 Å². The monoisotopic (exact) mass is 375 g/mol. The molecule has 28 heavy (non-hydrogen) atoms. The predicted molar refractivity (Wildman–Crippen MR) is 101 cm³/mol. The maximum absolute atomic E-state index is 9.97. The smallest absolute Gasteiger partial charge is 0.262 e. The molecule has 0 N–H and O–H groups in total. The Hall–Kier alpha value is -3.06. The first-order chi connectivity index (χ1) is 13.7. The molecule has 2 aliphatic rings. The highest BCUT2D eigenvalue weighted by Crippen LogP contribution is 2.50. The van der Waals surface area contributed by atoms with Gasteiger partial charge in [0.15, 0.2) is 11.5 Å². The van der Waals surface area contributed by atoms with Gasteiger partial charge in [0, 0.05) is 6.54 Å². The molecule has 0 radical (unpaired) electrons. The maximum atomic E-state index is 9.97. The number of fused-ring (bicyclic) bond motifs is 1. The Balaban J connectivity index is 1.81. The van der Waals surface area contributed by atoms with Crippen LogP contribution in [-0.4, -0.2) is 23.8 Å². The first-order valence-electron chi connectivity index (χ1n) is 9.43. The molecular formula is C22H21N3O3. The highest BCUT2D eigenvalue weighted by molar-refractivity contribution is 5.48. The summed E-state index contributed by atoms with van der Waals surface area (Å²) in [5.41, 5.74) is 0.126. The molecule has 2 aliphatic heterocycles. The van der Waals surface area contributed by atoms with Crippen molar-refractivity contribution in [2.45, 2.75) is 37.6 Å². The van der Waals surface area contributed by atoms with Crippen molar-refractivity contribution in [2.24, 2.45) is 0 Å². The lowest BCUT2D eigenvalue weighted by molar-refractivity contribution is -0.00940. The number of benzene rings is 2. The second-order valence-electron chi connectivity index (χ2n) is 6.95. The average molecular weight is 375 g/mol. The largest absolute Gasteiger partial charge is 0.454 e. The Morgan fingerprint density at radius 3 is 2.50 bits per heavy atom. The van der Waals surface area contributed by atoms with Gasteiger partial charge in [-0.1, -0.05) is 49.7 Å². The minimum Gasteiger partial charge on any atom is -0.454 e. The molecular weight excluding hydrogens is 354 g/mol. The van der Waals surface area contributed by atoms with Crippen LogP contribution >= 0.6 is 0 Å². The molecule has 0 saturated carbocycles. The van der Waals surface area contributed by atoms with Crippen LogP contribution in [0.1, 0.15) is 43.2 Å². The standard InChI is InChI=1S/C22H21N3O3/c1-2-3-11-25-20(17-9-10-18-19(12-17)27-15-26-18)22(13-23,14-24)28-21(25)16-7-5-4-6-8-16/h4-10,12,20-21H,2-3,11,15H2,1H3. The van der Waals surface area contributed by atoms with E-state index < -0.39 is 17.9 Å². The molecule has 4 rings (SSSR count). The van der Waals surface area contributed by atoms with Gasteiger partial charge in [-0.05, 0) is 29.7 Å². The Bertz CT molecular complexity index is 918. The third-order valence-corrected chi connectivity index (χ3v) is 5.21. The fourth-order valence-electron chi connectivity index (χ4n) is 3.85. The van der Waals surface area contributed by atoms with Crippen LogP contribution in [0.5, 0.6) is 11.5 Å². The summed E-state index contributed by atoms with van der Waals surface area (Å²) >= 11 is 0. The van der Waals surface area contributed by atoms with Crippen molar-refractivity contribution in [3.8, 4) is 23.6 Å². The fraction of sp³-hybridized carbons (Fsp3) is 0.364. The second kappa shape index (κ2) is 7.52. The Morgan fingerprint density at radius 2 is 1.79 bits per heavy atom. The number of rotatable bonds is 5. The summed E-state index contributed by atoms with van der Waals surface area (Å²) in [7, 11) is 0. The molecule has 1 fully saturated rings. The van der Waals surface area contributed by atoms with Gasteiger partial charge in [-0.15, -0.1) is 0 Å². The van der Waals surface area contributed by atoms with Crippen LogP contribution in [0.25, 0.3) is 0 Å². The van der Waals surface area contributed by atoms with Crippen molar-refractivity contribution in [1.29, 1.82) is 10.5 Å². The molecule has 2 aromatic carbocycles. The van der Waals surface area contributed by atoms with Crippen LogP contribution in [0.3, 0.4) is 0 Å². The van der Waals surface area contributed by atoms with E-state index in [0.717, 1.165) is 24.0 Å². The molecule has 2 heterocycles. The summed E-state index contributed by atoms with van der Waals surface area (Å²) in [5, 5.41) is 19.9. The van der Waals surface area contributed by atoms with Crippen LogP contribution in [-0.2, 0) is 4.74 Å². The SMILES string of the molecule is CCCCN1C(c2ccccc2)OC(C#N)(C#N)C1c1ccc2c(c1)OCO2. The van der Waals surface area contributed by atoms with Gasteiger partial charge < -0.3 is 14.2 Å². The summed E-state index contributed by atoms with van der Waals surface area (Å²) in [4.78, 5) is 2.11. The Labute approximate surface area is 164 Å². The van der Waals surface area contributed by atoms with E-state index in [0.29, 0.717) is 18.0 Å². The van der Waals surface area contributed by atoms with E-state index in [2.05, 4.69) is 24.0 Å².